The summed E-state index contributed by atoms with van der Waals surface area (Å²) >= 11 is 1.79. The number of rotatable bonds is 5. The highest BCUT2D eigenvalue weighted by Gasteiger charge is 2.13. The molecular weight excluding hydrogens is 254 g/mol. The quantitative estimate of drug-likeness (QED) is 0.863. The van der Waals surface area contributed by atoms with Gasteiger partial charge in [-0.15, -0.1) is 11.3 Å². The van der Waals surface area contributed by atoms with Crippen LogP contribution in [0.15, 0.2) is 35.7 Å². The van der Waals surface area contributed by atoms with Gasteiger partial charge >= 0.3 is 0 Å². The van der Waals surface area contributed by atoms with Gasteiger partial charge in [0.2, 0.25) is 0 Å². The molecule has 2 rings (SSSR count). The largest absolute Gasteiger partial charge is 0.508 e. The first-order chi connectivity index (χ1) is 9.06. The first-order valence-corrected chi connectivity index (χ1v) is 7.52. The van der Waals surface area contributed by atoms with Gasteiger partial charge < -0.3 is 10.4 Å². The predicted octanol–water partition coefficient (Wildman–Crippen LogP) is 4.04. The van der Waals surface area contributed by atoms with Crippen molar-refractivity contribution in [1.82, 2.24) is 5.32 Å². The molecule has 2 aromatic rings. The average molecular weight is 275 g/mol. The van der Waals surface area contributed by atoms with E-state index in [1.807, 2.05) is 19.1 Å². The minimum atomic E-state index is 0.148. The maximum absolute atomic E-state index is 9.94. The van der Waals surface area contributed by atoms with Gasteiger partial charge in [0.05, 0.1) is 0 Å². The van der Waals surface area contributed by atoms with Gasteiger partial charge in [-0.2, -0.15) is 0 Å². The Bertz CT molecular complexity index is 522. The second kappa shape index (κ2) is 6.22. The average Bonchev–Trinajstić information content (AvgIpc) is 2.84. The molecular formula is C16H21NOS. The number of hydrogen-bond donors (Lipinski definition) is 2. The molecule has 1 aromatic carbocycles. The first kappa shape index (κ1) is 14.1. The number of phenolic OH excluding ortho intramolecular Hbond substituents is 1. The maximum atomic E-state index is 9.94. The van der Waals surface area contributed by atoms with Crippen LogP contribution in [0.25, 0.3) is 0 Å². The molecule has 0 saturated carbocycles. The summed E-state index contributed by atoms with van der Waals surface area (Å²) in [6.07, 6.45) is 1.02. The Balaban J connectivity index is 2.00. The highest BCUT2D eigenvalue weighted by Crippen LogP contribution is 2.25. The predicted molar refractivity (Wildman–Crippen MR) is 81.9 cm³/mol. The van der Waals surface area contributed by atoms with Gasteiger partial charge in [-0.1, -0.05) is 23.8 Å². The number of hydrogen-bond acceptors (Lipinski definition) is 3. The fourth-order valence-electron chi connectivity index (χ4n) is 2.33. The molecule has 2 atom stereocenters. The lowest BCUT2D eigenvalue weighted by molar-refractivity contribution is 0.434. The molecule has 1 aromatic heterocycles. The van der Waals surface area contributed by atoms with E-state index < -0.39 is 0 Å². The highest BCUT2D eigenvalue weighted by molar-refractivity contribution is 7.09. The molecule has 2 N–H and O–H groups in total. The molecule has 0 aliphatic heterocycles. The topological polar surface area (TPSA) is 32.3 Å². The van der Waals surface area contributed by atoms with Gasteiger partial charge in [0.15, 0.2) is 0 Å². The normalized spacial score (nSPS) is 14.3. The van der Waals surface area contributed by atoms with Crippen LogP contribution in [0.3, 0.4) is 0 Å². The minimum absolute atomic E-state index is 0.148. The van der Waals surface area contributed by atoms with Crippen molar-refractivity contribution in [1.29, 1.82) is 0 Å². The van der Waals surface area contributed by atoms with Crippen LogP contribution in [-0.2, 0) is 6.42 Å². The van der Waals surface area contributed by atoms with Crippen LogP contribution in [0.1, 0.15) is 35.9 Å². The summed E-state index contributed by atoms with van der Waals surface area (Å²) in [5.41, 5.74) is 2.14. The fourth-order valence-corrected chi connectivity index (χ4v) is 3.16. The monoisotopic (exact) mass is 275 g/mol. The summed E-state index contributed by atoms with van der Waals surface area (Å²) in [4.78, 5) is 1.39. The fraction of sp³-hybridized carbons (Fsp3) is 0.375. The molecule has 102 valence electrons. The Labute approximate surface area is 119 Å². The van der Waals surface area contributed by atoms with E-state index in [1.165, 1.54) is 10.4 Å². The number of thiophene rings is 1. The zero-order valence-corrected chi connectivity index (χ0v) is 12.5. The second-order valence-corrected chi connectivity index (χ2v) is 6.17. The van der Waals surface area contributed by atoms with Crippen molar-refractivity contribution in [3.05, 3.63) is 51.7 Å². The Morgan fingerprint density at radius 3 is 2.74 bits per heavy atom. The summed E-state index contributed by atoms with van der Waals surface area (Å²) < 4.78 is 0. The third kappa shape index (κ3) is 3.82. The van der Waals surface area contributed by atoms with Crippen LogP contribution in [0.2, 0.25) is 0 Å². The van der Waals surface area contributed by atoms with Crippen molar-refractivity contribution in [2.45, 2.75) is 39.3 Å². The molecule has 2 unspecified atom stereocenters. The molecule has 2 nitrogen and oxygen atoms in total. The van der Waals surface area contributed by atoms with Gasteiger partial charge in [-0.3, -0.25) is 0 Å². The first-order valence-electron chi connectivity index (χ1n) is 6.64. The lowest BCUT2D eigenvalue weighted by Gasteiger charge is -2.21. The SMILES string of the molecule is Cc1ccc(O)c(C(C)NC(C)Cc2cccs2)c1. The van der Waals surface area contributed by atoms with Gasteiger partial charge in [0, 0.05) is 22.5 Å². The number of benzene rings is 1. The Morgan fingerprint density at radius 2 is 2.05 bits per heavy atom. The van der Waals surface area contributed by atoms with Crippen molar-refractivity contribution in [2.75, 3.05) is 0 Å². The van der Waals surface area contributed by atoms with Crippen LogP contribution in [0, 0.1) is 6.92 Å². The number of aromatic hydroxyl groups is 1. The molecule has 0 bridgehead atoms. The van der Waals surface area contributed by atoms with Gasteiger partial charge in [0.1, 0.15) is 5.75 Å². The maximum Gasteiger partial charge on any atom is 0.120 e. The zero-order chi connectivity index (χ0) is 13.8. The second-order valence-electron chi connectivity index (χ2n) is 5.14. The van der Waals surface area contributed by atoms with E-state index in [2.05, 4.69) is 36.7 Å². The van der Waals surface area contributed by atoms with E-state index in [1.54, 1.807) is 17.4 Å². The highest BCUT2D eigenvalue weighted by atomic mass is 32.1. The molecule has 0 amide bonds. The Hall–Kier alpha value is -1.32. The van der Waals surface area contributed by atoms with Crippen LogP contribution >= 0.6 is 11.3 Å². The van der Waals surface area contributed by atoms with E-state index in [4.69, 9.17) is 0 Å². The lowest BCUT2D eigenvalue weighted by Crippen LogP contribution is -2.30. The molecule has 0 spiro atoms. The molecule has 3 heteroatoms. The smallest absolute Gasteiger partial charge is 0.120 e. The van der Waals surface area contributed by atoms with Gasteiger partial charge in [-0.05, 0) is 44.7 Å². The van der Waals surface area contributed by atoms with E-state index in [-0.39, 0.29) is 6.04 Å². The van der Waals surface area contributed by atoms with Gasteiger partial charge in [0.25, 0.3) is 0 Å². The van der Waals surface area contributed by atoms with Crippen molar-refractivity contribution in [2.24, 2.45) is 0 Å². The van der Waals surface area contributed by atoms with Crippen molar-refractivity contribution < 1.29 is 5.11 Å². The van der Waals surface area contributed by atoms with Gasteiger partial charge in [-0.25, -0.2) is 0 Å². The van der Waals surface area contributed by atoms with E-state index in [9.17, 15) is 5.11 Å². The summed E-state index contributed by atoms with van der Waals surface area (Å²) in [5.74, 6) is 0.369. The molecule has 1 heterocycles. The minimum Gasteiger partial charge on any atom is -0.508 e. The molecule has 19 heavy (non-hydrogen) atoms. The summed E-state index contributed by atoms with van der Waals surface area (Å²) in [7, 11) is 0. The van der Waals surface area contributed by atoms with E-state index in [0.717, 1.165) is 12.0 Å². The molecule has 0 aliphatic carbocycles. The molecule has 0 saturated heterocycles. The zero-order valence-electron chi connectivity index (χ0n) is 11.7. The Morgan fingerprint density at radius 1 is 1.26 bits per heavy atom. The van der Waals surface area contributed by atoms with E-state index >= 15 is 0 Å². The van der Waals surface area contributed by atoms with Crippen LogP contribution in [-0.4, -0.2) is 11.1 Å². The van der Waals surface area contributed by atoms with Crippen molar-refractivity contribution in [3.8, 4) is 5.75 Å². The van der Waals surface area contributed by atoms with E-state index in [0.29, 0.717) is 11.8 Å². The molecule has 0 aliphatic rings. The summed E-state index contributed by atoms with van der Waals surface area (Å²) in [6.45, 7) is 6.33. The molecule has 0 fully saturated rings. The summed E-state index contributed by atoms with van der Waals surface area (Å²) in [6, 6.07) is 10.5. The third-order valence-corrected chi connectivity index (χ3v) is 4.17. The lowest BCUT2D eigenvalue weighted by atomic mass is 10.0. The standard InChI is InChI=1S/C16H21NOS/c1-11-6-7-16(18)15(9-11)13(3)17-12(2)10-14-5-4-8-19-14/h4-9,12-13,17-18H,10H2,1-3H3. The summed E-state index contributed by atoms with van der Waals surface area (Å²) in [5, 5.41) is 15.6. The number of nitrogens with one attached hydrogen (secondary N) is 1. The van der Waals surface area contributed by atoms with Crippen LogP contribution in [0.4, 0.5) is 0 Å². The number of aryl methyl sites for hydroxylation is 1. The number of phenols is 1. The molecule has 0 radical (unpaired) electrons. The Kier molecular flexibility index (Phi) is 4.61. The van der Waals surface area contributed by atoms with Crippen molar-refractivity contribution in [3.63, 3.8) is 0 Å². The van der Waals surface area contributed by atoms with Crippen molar-refractivity contribution >= 4 is 11.3 Å². The van der Waals surface area contributed by atoms with Crippen LogP contribution in [0.5, 0.6) is 5.75 Å². The van der Waals surface area contributed by atoms with Crippen LogP contribution < -0.4 is 5.32 Å². The third-order valence-electron chi connectivity index (χ3n) is 3.27.